The molecule has 1 N–H and O–H groups in total. The molecule has 1 fully saturated rings. The molecule has 0 radical (unpaired) electrons. The molecule has 2 unspecified atom stereocenters. The van der Waals surface area contributed by atoms with Crippen molar-refractivity contribution in [3.8, 4) is 0 Å². The summed E-state index contributed by atoms with van der Waals surface area (Å²) in [6, 6.07) is 0.00618. The highest BCUT2D eigenvalue weighted by Crippen LogP contribution is 2.18. The number of nitrogens with zero attached hydrogens (tertiary/aromatic N) is 2. The number of likely N-dealkylation sites (tertiary alicyclic amines) is 1. The van der Waals surface area contributed by atoms with Crippen molar-refractivity contribution >= 4 is 5.91 Å². The minimum Gasteiger partial charge on any atom is -0.383 e. The summed E-state index contributed by atoms with van der Waals surface area (Å²) < 4.78 is 5.05. The first-order chi connectivity index (χ1) is 10.1. The minimum atomic E-state index is 0.00618. The summed E-state index contributed by atoms with van der Waals surface area (Å²) in [5.74, 6) is 0.913. The Kier molecular flexibility index (Phi) is 8.88. The smallest absolute Gasteiger partial charge is 0.239 e. The molecule has 21 heavy (non-hydrogen) atoms. The molecule has 124 valence electrons. The number of methoxy groups -OCH3 is 1. The van der Waals surface area contributed by atoms with Crippen molar-refractivity contribution in [2.45, 2.75) is 39.7 Å². The third-order valence-corrected chi connectivity index (χ3v) is 4.45. The van der Waals surface area contributed by atoms with E-state index in [1.54, 1.807) is 7.11 Å². The number of carbonyl (C=O) groups is 1. The zero-order valence-electron chi connectivity index (χ0n) is 14.2. The van der Waals surface area contributed by atoms with Crippen LogP contribution in [0.3, 0.4) is 0 Å². The van der Waals surface area contributed by atoms with Crippen LogP contribution < -0.4 is 5.32 Å². The van der Waals surface area contributed by atoms with E-state index >= 15 is 0 Å². The van der Waals surface area contributed by atoms with Gasteiger partial charge in [-0.05, 0) is 52.6 Å². The van der Waals surface area contributed by atoms with Gasteiger partial charge in [0.15, 0.2) is 0 Å². The molecule has 1 aliphatic heterocycles. The Balaban J connectivity index is 2.42. The van der Waals surface area contributed by atoms with Crippen molar-refractivity contribution in [1.82, 2.24) is 15.1 Å². The van der Waals surface area contributed by atoms with Crippen molar-refractivity contribution in [3.05, 3.63) is 0 Å². The van der Waals surface area contributed by atoms with E-state index in [0.717, 1.165) is 45.9 Å². The minimum absolute atomic E-state index is 0.00618. The van der Waals surface area contributed by atoms with Gasteiger partial charge in [0.05, 0.1) is 12.6 Å². The van der Waals surface area contributed by atoms with Gasteiger partial charge in [0.25, 0.3) is 0 Å². The van der Waals surface area contributed by atoms with Crippen LogP contribution in [-0.4, -0.2) is 74.7 Å². The van der Waals surface area contributed by atoms with E-state index in [9.17, 15) is 4.79 Å². The maximum absolute atomic E-state index is 12.5. The maximum atomic E-state index is 12.5. The number of carbonyl (C=O) groups excluding carboxylic acids is 1. The molecule has 1 amide bonds. The largest absolute Gasteiger partial charge is 0.383 e. The molecule has 0 bridgehead atoms. The molecule has 1 aliphatic rings. The van der Waals surface area contributed by atoms with Crippen LogP contribution in [0.4, 0.5) is 0 Å². The lowest BCUT2D eigenvalue weighted by Gasteiger charge is -2.38. The van der Waals surface area contributed by atoms with E-state index in [-0.39, 0.29) is 11.9 Å². The van der Waals surface area contributed by atoms with Gasteiger partial charge in [-0.3, -0.25) is 9.69 Å². The van der Waals surface area contributed by atoms with Crippen molar-refractivity contribution in [2.75, 3.05) is 53.0 Å². The van der Waals surface area contributed by atoms with E-state index in [2.05, 4.69) is 17.1 Å². The first-order valence-electron chi connectivity index (χ1n) is 8.36. The Labute approximate surface area is 130 Å². The molecule has 0 aromatic rings. The molecular formula is C16H33N3O2. The SMILES string of the molecule is CCN(CC)C(=O)C(C)N1CCCC(CNCCOC)C1. The number of piperidine rings is 1. The summed E-state index contributed by atoms with van der Waals surface area (Å²) in [5, 5.41) is 3.44. The average molecular weight is 299 g/mol. The van der Waals surface area contributed by atoms with Gasteiger partial charge >= 0.3 is 0 Å². The van der Waals surface area contributed by atoms with E-state index in [1.165, 1.54) is 12.8 Å². The fraction of sp³-hybridized carbons (Fsp3) is 0.938. The van der Waals surface area contributed by atoms with E-state index in [1.807, 2.05) is 18.7 Å². The van der Waals surface area contributed by atoms with Crippen molar-refractivity contribution in [2.24, 2.45) is 5.92 Å². The van der Waals surface area contributed by atoms with Gasteiger partial charge < -0.3 is 15.0 Å². The molecule has 0 aromatic carbocycles. The Morgan fingerprint density at radius 3 is 2.76 bits per heavy atom. The fourth-order valence-electron chi connectivity index (χ4n) is 3.05. The molecule has 0 saturated carbocycles. The van der Waals surface area contributed by atoms with Crippen LogP contribution in [0.15, 0.2) is 0 Å². The lowest BCUT2D eigenvalue weighted by Crippen LogP contribution is -2.51. The lowest BCUT2D eigenvalue weighted by atomic mass is 9.96. The summed E-state index contributed by atoms with van der Waals surface area (Å²) >= 11 is 0. The number of amides is 1. The van der Waals surface area contributed by atoms with Crippen LogP contribution >= 0.6 is 0 Å². The Bertz CT molecular complexity index is 295. The molecule has 1 rings (SSSR count). The Morgan fingerprint density at radius 1 is 1.43 bits per heavy atom. The zero-order chi connectivity index (χ0) is 15.7. The van der Waals surface area contributed by atoms with Gasteiger partial charge in [-0.15, -0.1) is 0 Å². The molecule has 0 aliphatic carbocycles. The highest BCUT2D eigenvalue weighted by molar-refractivity contribution is 5.81. The van der Waals surface area contributed by atoms with Gasteiger partial charge in [-0.2, -0.15) is 0 Å². The molecule has 5 nitrogen and oxygen atoms in total. The number of hydrogen-bond acceptors (Lipinski definition) is 4. The third kappa shape index (κ3) is 5.93. The van der Waals surface area contributed by atoms with E-state index in [0.29, 0.717) is 5.92 Å². The first-order valence-corrected chi connectivity index (χ1v) is 8.36. The summed E-state index contributed by atoms with van der Waals surface area (Å²) in [6.45, 7) is 12.5. The lowest BCUT2D eigenvalue weighted by molar-refractivity contribution is -0.136. The highest BCUT2D eigenvalue weighted by atomic mass is 16.5. The summed E-state index contributed by atoms with van der Waals surface area (Å²) in [5.41, 5.74) is 0. The van der Waals surface area contributed by atoms with Gasteiger partial charge in [0, 0.05) is 33.3 Å². The van der Waals surface area contributed by atoms with Crippen LogP contribution in [0.25, 0.3) is 0 Å². The van der Waals surface area contributed by atoms with Crippen molar-refractivity contribution in [1.29, 1.82) is 0 Å². The highest BCUT2D eigenvalue weighted by Gasteiger charge is 2.28. The van der Waals surface area contributed by atoms with Crippen LogP contribution in [0, 0.1) is 5.92 Å². The quantitative estimate of drug-likeness (QED) is 0.650. The standard InChI is InChI=1S/C16H33N3O2/c1-5-18(6-2)16(20)14(3)19-10-7-8-15(13-19)12-17-9-11-21-4/h14-15,17H,5-13H2,1-4H3. The van der Waals surface area contributed by atoms with Gasteiger partial charge in [-0.1, -0.05) is 0 Å². The molecule has 0 aromatic heterocycles. The molecule has 5 heteroatoms. The van der Waals surface area contributed by atoms with Crippen molar-refractivity contribution in [3.63, 3.8) is 0 Å². The number of nitrogens with one attached hydrogen (secondary N) is 1. The molecule has 1 saturated heterocycles. The fourth-order valence-corrected chi connectivity index (χ4v) is 3.05. The molecule has 2 atom stereocenters. The maximum Gasteiger partial charge on any atom is 0.239 e. The first kappa shape index (κ1) is 18.4. The number of likely N-dealkylation sites (N-methyl/N-ethyl adjacent to an activating group) is 1. The number of rotatable bonds is 9. The van der Waals surface area contributed by atoms with E-state index < -0.39 is 0 Å². The predicted molar refractivity (Wildman–Crippen MR) is 86.4 cm³/mol. The van der Waals surface area contributed by atoms with Crippen LogP contribution in [0.1, 0.15) is 33.6 Å². The monoisotopic (exact) mass is 299 g/mol. The summed E-state index contributed by atoms with van der Waals surface area (Å²) in [4.78, 5) is 16.8. The number of ether oxygens (including phenoxy) is 1. The second kappa shape index (κ2) is 10.1. The zero-order valence-corrected chi connectivity index (χ0v) is 14.2. The normalized spacial score (nSPS) is 21.2. The average Bonchev–Trinajstić information content (AvgIpc) is 2.52. The van der Waals surface area contributed by atoms with Gasteiger partial charge in [0.1, 0.15) is 0 Å². The van der Waals surface area contributed by atoms with Crippen LogP contribution in [-0.2, 0) is 9.53 Å². The van der Waals surface area contributed by atoms with Gasteiger partial charge in [0.2, 0.25) is 5.91 Å². The van der Waals surface area contributed by atoms with Crippen molar-refractivity contribution < 1.29 is 9.53 Å². The van der Waals surface area contributed by atoms with E-state index in [4.69, 9.17) is 4.74 Å². The number of hydrogen-bond donors (Lipinski definition) is 1. The third-order valence-electron chi connectivity index (χ3n) is 4.45. The molecule has 0 spiro atoms. The summed E-state index contributed by atoms with van der Waals surface area (Å²) in [7, 11) is 1.73. The van der Waals surface area contributed by atoms with Gasteiger partial charge in [-0.25, -0.2) is 0 Å². The predicted octanol–water partition coefficient (Wildman–Crippen LogP) is 1.19. The Hall–Kier alpha value is -0.650. The van der Waals surface area contributed by atoms with Crippen LogP contribution in [0.2, 0.25) is 0 Å². The Morgan fingerprint density at radius 2 is 2.14 bits per heavy atom. The topological polar surface area (TPSA) is 44.8 Å². The summed E-state index contributed by atoms with van der Waals surface area (Å²) in [6.07, 6.45) is 2.44. The second-order valence-corrected chi connectivity index (χ2v) is 5.89. The van der Waals surface area contributed by atoms with Crippen LogP contribution in [0.5, 0.6) is 0 Å². The molecule has 1 heterocycles. The molecular weight excluding hydrogens is 266 g/mol. The second-order valence-electron chi connectivity index (χ2n) is 5.89.